The molecule has 1 amide bonds. The maximum Gasteiger partial charge on any atom is 0.387 e. The molecule has 1 aliphatic heterocycles. The van der Waals surface area contributed by atoms with Crippen LogP contribution in [-0.4, -0.2) is 78.1 Å². The lowest BCUT2D eigenvalue weighted by Gasteiger charge is -2.31. The van der Waals surface area contributed by atoms with Crippen LogP contribution in [0.25, 0.3) is 10.6 Å². The van der Waals surface area contributed by atoms with Gasteiger partial charge in [0.25, 0.3) is 0 Å². The number of benzene rings is 2. The van der Waals surface area contributed by atoms with Gasteiger partial charge in [-0.05, 0) is 37.7 Å². The number of ketones is 1. The van der Waals surface area contributed by atoms with E-state index in [-0.39, 0.29) is 41.7 Å². The van der Waals surface area contributed by atoms with Crippen LogP contribution in [-0.2, 0) is 11.2 Å². The summed E-state index contributed by atoms with van der Waals surface area (Å²) in [5, 5.41) is 12.2. The molecule has 1 aliphatic rings. The van der Waals surface area contributed by atoms with Crippen LogP contribution in [0.3, 0.4) is 0 Å². The Balaban J connectivity index is 1.47. The molecule has 0 unspecified atom stereocenters. The van der Waals surface area contributed by atoms with Gasteiger partial charge in [0.05, 0.1) is 18.7 Å². The first kappa shape index (κ1) is 25.8. The van der Waals surface area contributed by atoms with E-state index in [0.29, 0.717) is 10.0 Å². The molecule has 0 spiro atoms. The van der Waals surface area contributed by atoms with Crippen LogP contribution >= 0.6 is 11.3 Å². The summed E-state index contributed by atoms with van der Waals surface area (Å²) in [5.41, 5.74) is 2.28. The second kappa shape index (κ2) is 11.6. The van der Waals surface area contributed by atoms with E-state index < -0.39 is 6.61 Å². The summed E-state index contributed by atoms with van der Waals surface area (Å²) >= 11 is 1.32. The molecule has 190 valence electrons. The average molecular weight is 516 g/mol. The van der Waals surface area contributed by atoms with Gasteiger partial charge in [0.15, 0.2) is 5.78 Å². The van der Waals surface area contributed by atoms with E-state index in [1.165, 1.54) is 29.5 Å². The molecule has 1 aromatic heterocycles. The zero-order chi connectivity index (χ0) is 25.7. The van der Waals surface area contributed by atoms with Crippen LogP contribution < -0.4 is 10.1 Å². The molecule has 0 aliphatic carbocycles. The zero-order valence-corrected chi connectivity index (χ0v) is 20.9. The topological polar surface area (TPSA) is 87.7 Å². The number of anilines is 1. The number of nitrogens with zero attached hydrogens (tertiary/aromatic N) is 4. The number of nitrogens with one attached hydrogen (secondary N) is 1. The first-order valence-corrected chi connectivity index (χ1v) is 12.3. The maximum absolute atomic E-state index is 13.0. The third-order valence-corrected chi connectivity index (χ3v) is 6.87. The Bertz CT molecular complexity index is 1230. The van der Waals surface area contributed by atoms with Gasteiger partial charge in [0.2, 0.25) is 5.91 Å². The molecule has 36 heavy (non-hydrogen) atoms. The van der Waals surface area contributed by atoms with Crippen molar-refractivity contribution in [2.75, 3.05) is 45.1 Å². The molecule has 8 nitrogen and oxygen atoms in total. The molecule has 0 atom stereocenters. The normalized spacial score (nSPS) is 14.7. The predicted octanol–water partition coefficient (Wildman–Crippen LogP) is 3.73. The summed E-state index contributed by atoms with van der Waals surface area (Å²) in [6, 6.07) is 11.8. The minimum absolute atomic E-state index is 0.00667. The van der Waals surface area contributed by atoms with E-state index in [9.17, 15) is 18.4 Å². The van der Waals surface area contributed by atoms with E-state index in [2.05, 4.69) is 25.2 Å². The number of carbonyl (C=O) groups is 2. The van der Waals surface area contributed by atoms with E-state index in [1.807, 2.05) is 43.1 Å². The molecular weight excluding hydrogens is 488 g/mol. The molecule has 1 saturated heterocycles. The number of likely N-dealkylation sites (N-methyl/N-ethyl adjacent to an activating group) is 1. The van der Waals surface area contributed by atoms with Crippen molar-refractivity contribution in [1.82, 2.24) is 20.0 Å². The highest BCUT2D eigenvalue weighted by Crippen LogP contribution is 2.30. The summed E-state index contributed by atoms with van der Waals surface area (Å²) < 4.78 is 30.4. The Labute approximate surface area is 211 Å². The van der Waals surface area contributed by atoms with Gasteiger partial charge >= 0.3 is 6.61 Å². The number of Topliss-reactive ketones (excluding diaryl/α,β-unsaturated/α-hetero) is 1. The first-order valence-electron chi connectivity index (χ1n) is 11.5. The number of hydrogen-bond acceptors (Lipinski definition) is 8. The molecule has 11 heteroatoms. The van der Waals surface area contributed by atoms with Crippen molar-refractivity contribution < 1.29 is 23.1 Å². The predicted molar refractivity (Wildman–Crippen MR) is 134 cm³/mol. The number of rotatable bonds is 9. The van der Waals surface area contributed by atoms with Gasteiger partial charge in [0, 0.05) is 37.3 Å². The average Bonchev–Trinajstić information content (AvgIpc) is 3.29. The number of amides is 1. The van der Waals surface area contributed by atoms with Crippen LogP contribution in [0, 0.1) is 6.92 Å². The molecule has 2 heterocycles. The number of aromatic nitrogens is 2. The van der Waals surface area contributed by atoms with E-state index in [4.69, 9.17) is 0 Å². The third kappa shape index (κ3) is 6.68. The van der Waals surface area contributed by atoms with Crippen molar-refractivity contribution in [3.05, 3.63) is 58.6 Å². The second-order valence-corrected chi connectivity index (χ2v) is 9.69. The number of aryl methyl sites for hydroxylation is 1. The van der Waals surface area contributed by atoms with E-state index in [0.717, 1.165) is 37.3 Å². The number of ether oxygens (including phenoxy) is 1. The molecule has 2 aromatic carbocycles. The lowest BCUT2D eigenvalue weighted by atomic mass is 10.1. The van der Waals surface area contributed by atoms with Gasteiger partial charge < -0.3 is 15.0 Å². The second-order valence-electron chi connectivity index (χ2n) is 8.63. The Hall–Kier alpha value is -3.28. The lowest BCUT2D eigenvalue weighted by molar-refractivity contribution is -0.117. The summed E-state index contributed by atoms with van der Waals surface area (Å²) in [6.07, 6.45) is -0.00667. The van der Waals surface area contributed by atoms with Gasteiger partial charge in [-0.2, -0.15) is 8.78 Å². The largest absolute Gasteiger partial charge is 0.433 e. The van der Waals surface area contributed by atoms with Gasteiger partial charge in [-0.25, -0.2) is 0 Å². The number of halogens is 2. The Morgan fingerprint density at radius 3 is 2.58 bits per heavy atom. The molecular formula is C25H27F2N5O3S. The summed E-state index contributed by atoms with van der Waals surface area (Å²) in [5.74, 6) is -0.845. The Morgan fingerprint density at radius 1 is 1.11 bits per heavy atom. The van der Waals surface area contributed by atoms with Crippen molar-refractivity contribution in [1.29, 1.82) is 0 Å². The van der Waals surface area contributed by atoms with Gasteiger partial charge in [-0.1, -0.05) is 35.6 Å². The van der Waals surface area contributed by atoms with Gasteiger partial charge in [0.1, 0.15) is 15.8 Å². The van der Waals surface area contributed by atoms with Gasteiger partial charge in [-0.15, -0.1) is 10.2 Å². The molecule has 4 rings (SSSR count). The number of alkyl halides is 2. The number of carbonyl (C=O) groups excluding carboxylic acids is 2. The minimum atomic E-state index is -3.07. The molecule has 3 aromatic rings. The van der Waals surface area contributed by atoms with Crippen molar-refractivity contribution in [3.8, 4) is 16.3 Å². The Kier molecular flexibility index (Phi) is 8.34. The highest BCUT2D eigenvalue weighted by atomic mass is 32.1. The fourth-order valence-corrected chi connectivity index (χ4v) is 4.81. The molecule has 1 N–H and O–H groups in total. The van der Waals surface area contributed by atoms with Crippen LogP contribution in [0.4, 0.5) is 14.5 Å². The smallest absolute Gasteiger partial charge is 0.387 e. The van der Waals surface area contributed by atoms with Crippen LogP contribution in [0.15, 0.2) is 42.5 Å². The minimum Gasteiger partial charge on any atom is -0.433 e. The first-order chi connectivity index (χ1) is 17.3. The summed E-state index contributed by atoms with van der Waals surface area (Å²) in [7, 11) is 2.01. The number of hydrogen-bond donors (Lipinski definition) is 1. The fraction of sp³-hybridized carbons (Fsp3) is 0.360. The van der Waals surface area contributed by atoms with Gasteiger partial charge in [-0.3, -0.25) is 14.5 Å². The summed E-state index contributed by atoms with van der Waals surface area (Å²) in [4.78, 5) is 29.7. The van der Waals surface area contributed by atoms with Crippen LogP contribution in [0.2, 0.25) is 0 Å². The SMILES string of the molecule is Cc1ccccc1-c1nnc(CC(=O)c2ccc(OC(F)F)c(NC(=O)CN3CCN(C)CC3)c2)s1. The third-order valence-electron chi connectivity index (χ3n) is 5.91. The van der Waals surface area contributed by atoms with Crippen molar-refractivity contribution in [2.45, 2.75) is 20.0 Å². The molecule has 1 fully saturated rings. The van der Waals surface area contributed by atoms with Crippen molar-refractivity contribution in [2.24, 2.45) is 0 Å². The number of piperazine rings is 1. The van der Waals surface area contributed by atoms with E-state index in [1.54, 1.807) is 0 Å². The van der Waals surface area contributed by atoms with E-state index >= 15 is 0 Å². The maximum atomic E-state index is 13.0. The van der Waals surface area contributed by atoms with Crippen molar-refractivity contribution in [3.63, 3.8) is 0 Å². The van der Waals surface area contributed by atoms with Crippen LogP contribution in [0.1, 0.15) is 20.9 Å². The monoisotopic (exact) mass is 515 g/mol. The highest BCUT2D eigenvalue weighted by molar-refractivity contribution is 7.14. The quantitative estimate of drug-likeness (QED) is 0.435. The molecule has 0 saturated carbocycles. The lowest BCUT2D eigenvalue weighted by Crippen LogP contribution is -2.47. The van der Waals surface area contributed by atoms with Crippen LogP contribution in [0.5, 0.6) is 5.75 Å². The standard InChI is InChI=1S/C25H27F2N5O3S/c1-16-5-3-4-6-18(16)24-30-29-23(36-24)14-20(33)17-7-8-21(35-25(26)27)19(13-17)28-22(34)15-32-11-9-31(2)10-12-32/h3-8,13,25H,9-12,14-15H2,1-2H3,(H,28,34). The molecule has 0 radical (unpaired) electrons. The summed E-state index contributed by atoms with van der Waals surface area (Å²) in [6.45, 7) is 2.17. The molecule has 0 bridgehead atoms. The highest BCUT2D eigenvalue weighted by Gasteiger charge is 2.20. The van der Waals surface area contributed by atoms with Crippen molar-refractivity contribution >= 4 is 28.7 Å². The Morgan fingerprint density at radius 2 is 1.86 bits per heavy atom. The zero-order valence-electron chi connectivity index (χ0n) is 20.0. The fourth-order valence-electron chi connectivity index (χ4n) is 3.88.